The number of carboxylic acid groups (broad SMARTS) is 1. The number of benzene rings is 3. The van der Waals surface area contributed by atoms with Gasteiger partial charge >= 0.3 is 11.7 Å². The van der Waals surface area contributed by atoms with Gasteiger partial charge in [0.1, 0.15) is 0 Å². The summed E-state index contributed by atoms with van der Waals surface area (Å²) in [6.45, 7) is 1.26. The Kier molecular flexibility index (Phi) is 6.13. The summed E-state index contributed by atoms with van der Waals surface area (Å²) in [6, 6.07) is 19.9. The first-order valence-corrected chi connectivity index (χ1v) is 10.1. The average Bonchev–Trinajstić information content (AvgIpc) is 2.84. The minimum Gasteiger partial charge on any atom is -0.479 e. The van der Waals surface area contributed by atoms with Crippen LogP contribution in [0.3, 0.4) is 0 Å². The van der Waals surface area contributed by atoms with E-state index in [0.29, 0.717) is 16.5 Å². The molecule has 34 heavy (non-hydrogen) atoms. The Morgan fingerprint density at radius 3 is 2.53 bits per heavy atom. The lowest BCUT2D eigenvalue weighted by atomic mass is 10.2. The number of carbonyl (C=O) groups is 1. The molecule has 1 heterocycles. The Labute approximate surface area is 192 Å². The molecule has 1 atom stereocenters. The molecular formula is C24H18N4O6. The van der Waals surface area contributed by atoms with Gasteiger partial charge in [-0.15, -0.1) is 0 Å². The summed E-state index contributed by atoms with van der Waals surface area (Å²) in [5.41, 5.74) is 0.392. The molecule has 3 aromatic carbocycles. The number of nitrogens with zero attached hydrogens (tertiary/aromatic N) is 4. The molecule has 4 rings (SSSR count). The van der Waals surface area contributed by atoms with Gasteiger partial charge in [0.25, 0.3) is 5.56 Å². The first-order valence-electron chi connectivity index (χ1n) is 10.1. The number of ether oxygens (including phenoxy) is 1. The molecule has 0 aliphatic rings. The Balaban J connectivity index is 1.90. The van der Waals surface area contributed by atoms with E-state index < -0.39 is 28.2 Å². The maximum absolute atomic E-state index is 13.3. The number of para-hydroxylation sites is 2. The smallest absolute Gasteiger partial charge is 0.344 e. The van der Waals surface area contributed by atoms with Crippen LogP contribution in [0.15, 0.2) is 82.7 Å². The SMILES string of the molecule is C[C@H](Oc1c(C=Nn2c(-c3ccccc3)nc3ccccc3c2=O)cccc1[N+](=O)[O-])C(=O)O. The summed E-state index contributed by atoms with van der Waals surface area (Å²) in [6.07, 6.45) is -0.139. The molecule has 0 spiro atoms. The zero-order valence-electron chi connectivity index (χ0n) is 17.9. The molecular weight excluding hydrogens is 440 g/mol. The van der Waals surface area contributed by atoms with E-state index in [4.69, 9.17) is 4.74 Å². The summed E-state index contributed by atoms with van der Waals surface area (Å²) in [4.78, 5) is 39.9. The Bertz CT molecular complexity index is 1480. The Morgan fingerprint density at radius 1 is 1.12 bits per heavy atom. The monoisotopic (exact) mass is 458 g/mol. The number of nitro benzene ring substituents is 1. The van der Waals surface area contributed by atoms with Crippen molar-refractivity contribution in [3.63, 3.8) is 0 Å². The highest BCUT2D eigenvalue weighted by Crippen LogP contribution is 2.31. The third-order valence-corrected chi connectivity index (χ3v) is 4.96. The van der Waals surface area contributed by atoms with Gasteiger partial charge in [0, 0.05) is 17.2 Å². The van der Waals surface area contributed by atoms with Crippen LogP contribution in [0.25, 0.3) is 22.3 Å². The fourth-order valence-corrected chi connectivity index (χ4v) is 3.27. The lowest BCUT2D eigenvalue weighted by Gasteiger charge is -2.13. The Hall–Kier alpha value is -4.86. The van der Waals surface area contributed by atoms with E-state index in [1.165, 1.54) is 31.3 Å². The van der Waals surface area contributed by atoms with Gasteiger partial charge in [-0.3, -0.25) is 14.9 Å². The summed E-state index contributed by atoms with van der Waals surface area (Å²) < 4.78 is 6.47. The summed E-state index contributed by atoms with van der Waals surface area (Å²) in [5, 5.41) is 25.3. The molecule has 0 fully saturated rings. The van der Waals surface area contributed by atoms with Crippen LogP contribution in [0.1, 0.15) is 12.5 Å². The number of hydrogen-bond donors (Lipinski definition) is 1. The standard InChI is InChI=1S/C24H18N4O6/c1-15(24(30)31)34-21-17(10-7-13-20(21)28(32)33)14-25-27-22(16-8-3-2-4-9-16)26-19-12-6-5-11-18(19)23(27)29/h2-15H,1H3,(H,30,31)/t15-/m0/s1. The van der Waals surface area contributed by atoms with Crippen LogP contribution in [0.4, 0.5) is 5.69 Å². The number of nitro groups is 1. The minimum atomic E-state index is -1.35. The highest BCUT2D eigenvalue weighted by Gasteiger charge is 2.23. The van der Waals surface area contributed by atoms with Crippen molar-refractivity contribution in [1.29, 1.82) is 0 Å². The predicted molar refractivity (Wildman–Crippen MR) is 125 cm³/mol. The maximum atomic E-state index is 13.3. The first-order chi connectivity index (χ1) is 16.4. The van der Waals surface area contributed by atoms with Gasteiger partial charge in [0.15, 0.2) is 11.9 Å². The van der Waals surface area contributed by atoms with Crippen molar-refractivity contribution < 1.29 is 19.6 Å². The third kappa shape index (κ3) is 4.37. The third-order valence-electron chi connectivity index (χ3n) is 4.96. The maximum Gasteiger partial charge on any atom is 0.344 e. The normalized spacial score (nSPS) is 12.0. The number of rotatable bonds is 7. The van der Waals surface area contributed by atoms with Gasteiger partial charge in [-0.05, 0) is 25.1 Å². The quantitative estimate of drug-likeness (QED) is 0.253. The van der Waals surface area contributed by atoms with Crippen LogP contribution < -0.4 is 10.3 Å². The van der Waals surface area contributed by atoms with Gasteiger partial charge in [-0.25, -0.2) is 9.78 Å². The molecule has 1 aromatic heterocycles. The van der Waals surface area contributed by atoms with Crippen molar-refractivity contribution >= 4 is 28.8 Å². The van der Waals surface area contributed by atoms with E-state index in [1.807, 2.05) is 6.07 Å². The average molecular weight is 458 g/mol. The largest absolute Gasteiger partial charge is 0.479 e. The molecule has 10 heteroatoms. The van der Waals surface area contributed by atoms with Crippen LogP contribution in [0.5, 0.6) is 5.75 Å². The molecule has 1 N–H and O–H groups in total. The zero-order chi connectivity index (χ0) is 24.2. The van der Waals surface area contributed by atoms with Crippen LogP contribution in [-0.4, -0.2) is 38.0 Å². The molecule has 0 radical (unpaired) electrons. The van der Waals surface area contributed by atoms with Crippen LogP contribution in [0.2, 0.25) is 0 Å². The second-order valence-electron chi connectivity index (χ2n) is 7.23. The van der Waals surface area contributed by atoms with Crippen molar-refractivity contribution in [2.24, 2.45) is 5.10 Å². The van der Waals surface area contributed by atoms with Gasteiger partial charge in [-0.2, -0.15) is 9.78 Å². The van der Waals surface area contributed by atoms with E-state index >= 15 is 0 Å². The fourth-order valence-electron chi connectivity index (χ4n) is 3.27. The molecule has 0 aliphatic heterocycles. The summed E-state index contributed by atoms with van der Waals surface area (Å²) in [7, 11) is 0. The van der Waals surface area contributed by atoms with E-state index in [0.717, 1.165) is 4.68 Å². The molecule has 10 nitrogen and oxygen atoms in total. The minimum absolute atomic E-state index is 0.126. The van der Waals surface area contributed by atoms with E-state index in [1.54, 1.807) is 48.5 Å². The van der Waals surface area contributed by atoms with Crippen LogP contribution >= 0.6 is 0 Å². The van der Waals surface area contributed by atoms with Crippen molar-refractivity contribution in [3.05, 3.63) is 98.8 Å². The van der Waals surface area contributed by atoms with Crippen molar-refractivity contribution in [2.45, 2.75) is 13.0 Å². The topological polar surface area (TPSA) is 137 Å². The van der Waals surface area contributed by atoms with E-state index in [-0.39, 0.29) is 17.1 Å². The summed E-state index contributed by atoms with van der Waals surface area (Å²) in [5.74, 6) is -1.29. The van der Waals surface area contributed by atoms with Crippen molar-refractivity contribution in [1.82, 2.24) is 9.66 Å². The van der Waals surface area contributed by atoms with Gasteiger partial charge in [0.2, 0.25) is 5.75 Å². The van der Waals surface area contributed by atoms with Gasteiger partial charge in [-0.1, -0.05) is 48.5 Å². The molecule has 0 aliphatic carbocycles. The number of carboxylic acids is 1. The Morgan fingerprint density at radius 2 is 1.82 bits per heavy atom. The second-order valence-corrected chi connectivity index (χ2v) is 7.23. The molecule has 0 saturated carbocycles. The number of fused-ring (bicyclic) bond motifs is 1. The van der Waals surface area contributed by atoms with E-state index in [2.05, 4.69) is 10.1 Å². The fraction of sp³-hybridized carbons (Fsp3) is 0.0833. The van der Waals surface area contributed by atoms with E-state index in [9.17, 15) is 24.8 Å². The molecule has 0 unspecified atom stereocenters. The number of hydrogen-bond acceptors (Lipinski definition) is 7. The van der Waals surface area contributed by atoms with Crippen molar-refractivity contribution in [3.8, 4) is 17.1 Å². The molecule has 0 bridgehead atoms. The summed E-state index contributed by atoms with van der Waals surface area (Å²) >= 11 is 0. The molecule has 0 amide bonds. The second kappa shape index (κ2) is 9.33. The van der Waals surface area contributed by atoms with Crippen LogP contribution in [-0.2, 0) is 4.79 Å². The molecule has 0 saturated heterocycles. The number of aliphatic carboxylic acids is 1. The lowest BCUT2D eigenvalue weighted by molar-refractivity contribution is -0.386. The van der Waals surface area contributed by atoms with Gasteiger partial charge in [0.05, 0.1) is 22.0 Å². The molecule has 170 valence electrons. The van der Waals surface area contributed by atoms with Crippen molar-refractivity contribution in [2.75, 3.05) is 0 Å². The highest BCUT2D eigenvalue weighted by molar-refractivity contribution is 5.87. The van der Waals surface area contributed by atoms with Gasteiger partial charge < -0.3 is 9.84 Å². The van der Waals surface area contributed by atoms with Crippen LogP contribution in [0, 0.1) is 10.1 Å². The molecule has 4 aromatic rings. The highest BCUT2D eigenvalue weighted by atomic mass is 16.6. The lowest BCUT2D eigenvalue weighted by Crippen LogP contribution is -2.24. The zero-order valence-corrected chi connectivity index (χ0v) is 17.9. The first kappa shape index (κ1) is 22.3. The predicted octanol–water partition coefficient (Wildman–Crippen LogP) is 3.71. The number of aromatic nitrogens is 2.